The molecule has 13 rings (SSSR count). The van der Waals surface area contributed by atoms with Crippen molar-refractivity contribution >= 4 is 23.5 Å². The van der Waals surface area contributed by atoms with Crippen LogP contribution in [0.1, 0.15) is 144 Å². The van der Waals surface area contributed by atoms with Gasteiger partial charge < -0.3 is 0 Å². The molecule has 0 amide bonds. The van der Waals surface area contributed by atoms with E-state index in [-0.39, 0.29) is 43.3 Å². The van der Waals surface area contributed by atoms with Crippen LogP contribution in [-0.2, 0) is 55.5 Å². The van der Waals surface area contributed by atoms with Crippen molar-refractivity contribution in [3.63, 3.8) is 0 Å². The van der Waals surface area contributed by atoms with E-state index >= 15 is 0 Å². The Balaban J connectivity index is 1.01. The number of benzene rings is 6. The average molecular weight is 789 g/mol. The van der Waals surface area contributed by atoms with Gasteiger partial charge in [0, 0.05) is 66.3 Å². The second kappa shape index (κ2) is 10.3. The molecule has 0 fully saturated rings. The highest BCUT2D eigenvalue weighted by atomic mass is 32.2. The minimum Gasteiger partial charge on any atom is -0.152 e. The van der Waals surface area contributed by atoms with Crippen LogP contribution in [0, 0.1) is 10.8 Å². The van der Waals surface area contributed by atoms with Crippen molar-refractivity contribution in [2.45, 2.75) is 111 Å². The molecule has 0 spiro atoms. The molecule has 0 N–H and O–H groups in total. The number of rotatable bonds is 0. The maximum absolute atomic E-state index is 2.65. The van der Waals surface area contributed by atoms with E-state index in [0.29, 0.717) is 0 Å². The zero-order valence-corrected chi connectivity index (χ0v) is 36.8. The van der Waals surface area contributed by atoms with E-state index in [1.54, 1.807) is 44.5 Å². The molecule has 0 saturated carbocycles. The van der Waals surface area contributed by atoms with Crippen LogP contribution in [0.15, 0.2) is 121 Å². The first-order valence-corrected chi connectivity index (χ1v) is 24.0. The van der Waals surface area contributed by atoms with E-state index in [1.165, 1.54) is 44.5 Å². The van der Waals surface area contributed by atoms with Gasteiger partial charge in [-0.15, -0.1) is 0 Å². The number of hydrogen-bond acceptors (Lipinski definition) is 2. The van der Waals surface area contributed by atoms with Crippen LogP contribution in [0.25, 0.3) is 0 Å². The SMILES string of the molecule is CC12c3cc4ccc3[C@@]3(C)c5ccccc5[C@@](C)(c5ccc(cc51)CSCc1ccc5c(c1)C1(C)c6cc(ccc6[C@]6(C)c7ccccc7[C@@]5(C)C16C)CSC4)C23C. The summed E-state index contributed by atoms with van der Waals surface area (Å²) in [7, 11) is 0. The molecule has 4 unspecified atom stereocenters. The monoisotopic (exact) mass is 788 g/mol. The molecule has 6 aromatic rings. The van der Waals surface area contributed by atoms with Crippen molar-refractivity contribution in [3.8, 4) is 0 Å². The van der Waals surface area contributed by atoms with Gasteiger partial charge in [0.1, 0.15) is 0 Å². The van der Waals surface area contributed by atoms with Crippen LogP contribution in [0.3, 0.4) is 0 Å². The largest absolute Gasteiger partial charge is 0.152 e. The summed E-state index contributed by atoms with van der Waals surface area (Å²) in [5, 5.41) is 0. The molecule has 0 saturated heterocycles. The highest BCUT2D eigenvalue weighted by Gasteiger charge is 2.81. The zero-order chi connectivity index (χ0) is 39.6. The molecule has 6 aliphatic carbocycles. The third kappa shape index (κ3) is 3.13. The summed E-state index contributed by atoms with van der Waals surface area (Å²) in [6.45, 7) is 20.9. The molecular weight excluding hydrogens is 737 g/mol. The summed E-state index contributed by atoms with van der Waals surface area (Å²) in [5.74, 6) is 4.04. The number of thioether (sulfide) groups is 2. The molecule has 0 nitrogen and oxygen atoms in total. The summed E-state index contributed by atoms with van der Waals surface area (Å²) in [4.78, 5) is 0. The van der Waals surface area contributed by atoms with Gasteiger partial charge >= 0.3 is 0 Å². The molecule has 1 heterocycles. The van der Waals surface area contributed by atoms with Crippen molar-refractivity contribution in [2.75, 3.05) is 0 Å². The molecule has 0 radical (unpaired) electrons. The maximum atomic E-state index is 2.65. The van der Waals surface area contributed by atoms with Gasteiger partial charge in [-0.25, -0.2) is 0 Å². The van der Waals surface area contributed by atoms with E-state index in [0.717, 1.165) is 23.0 Å². The van der Waals surface area contributed by atoms with Crippen molar-refractivity contribution in [2.24, 2.45) is 10.8 Å². The molecule has 288 valence electrons. The lowest BCUT2D eigenvalue weighted by atomic mass is 9.52. The highest BCUT2D eigenvalue weighted by molar-refractivity contribution is 7.97. The van der Waals surface area contributed by atoms with Gasteiger partial charge in [-0.3, -0.25) is 0 Å². The van der Waals surface area contributed by atoms with Crippen LogP contribution < -0.4 is 0 Å². The Hall–Kier alpha value is -3.98. The fourth-order valence-corrected chi connectivity index (χ4v) is 18.4. The normalized spacial score (nSPS) is 37.1. The fourth-order valence-electron chi connectivity index (χ4n) is 16.5. The second-order valence-electron chi connectivity index (χ2n) is 20.6. The summed E-state index contributed by atoms with van der Waals surface area (Å²) in [5.41, 5.74) is 23.6. The van der Waals surface area contributed by atoms with Gasteiger partial charge in [0.25, 0.3) is 0 Å². The maximum Gasteiger partial charge on any atom is 0.0257 e. The van der Waals surface area contributed by atoms with Crippen molar-refractivity contribution in [1.29, 1.82) is 0 Å². The van der Waals surface area contributed by atoms with E-state index in [2.05, 4.69) is 200 Å². The summed E-state index contributed by atoms with van der Waals surface area (Å²) in [6, 6.07) is 49.6. The number of hydrogen-bond donors (Lipinski definition) is 0. The minimum absolute atomic E-state index is 0.0434. The predicted molar refractivity (Wildman–Crippen MR) is 244 cm³/mol. The first-order chi connectivity index (χ1) is 27.8. The van der Waals surface area contributed by atoms with E-state index in [9.17, 15) is 0 Å². The van der Waals surface area contributed by atoms with Gasteiger partial charge in [-0.05, 0) is 89.0 Å². The summed E-state index contributed by atoms with van der Waals surface area (Å²) < 4.78 is 0. The van der Waals surface area contributed by atoms with Crippen LogP contribution in [0.5, 0.6) is 0 Å². The topological polar surface area (TPSA) is 0 Å². The third-order valence-electron chi connectivity index (χ3n) is 19.7. The lowest BCUT2D eigenvalue weighted by molar-refractivity contribution is 0.0997. The number of fused-ring (bicyclic) bond motifs is 14. The molecule has 0 aromatic heterocycles. The molecule has 7 aliphatic rings. The Kier molecular flexibility index (Phi) is 6.19. The Bertz CT molecular complexity index is 2520. The van der Waals surface area contributed by atoms with Gasteiger partial charge in [0.2, 0.25) is 0 Å². The lowest BCUT2D eigenvalue weighted by Gasteiger charge is -2.49. The fraction of sp³-hybridized carbons (Fsp3) is 0.357. The van der Waals surface area contributed by atoms with Gasteiger partial charge in [0.05, 0.1) is 0 Å². The van der Waals surface area contributed by atoms with Crippen molar-refractivity contribution in [3.05, 3.63) is 210 Å². The van der Waals surface area contributed by atoms with E-state index in [1.807, 2.05) is 0 Å². The molecule has 8 atom stereocenters. The second-order valence-corrected chi connectivity index (χ2v) is 22.6. The van der Waals surface area contributed by atoms with E-state index < -0.39 is 0 Å². The highest BCUT2D eigenvalue weighted by Crippen LogP contribution is 2.84. The van der Waals surface area contributed by atoms with Crippen LogP contribution in [-0.4, -0.2) is 0 Å². The van der Waals surface area contributed by atoms with Crippen molar-refractivity contribution < 1.29 is 0 Å². The van der Waals surface area contributed by atoms with Gasteiger partial charge in [-0.1, -0.05) is 177 Å². The quantitative estimate of drug-likeness (QED) is 0.150. The van der Waals surface area contributed by atoms with Gasteiger partial charge in [-0.2, -0.15) is 23.5 Å². The van der Waals surface area contributed by atoms with Crippen LogP contribution >= 0.6 is 23.5 Å². The molecule has 1 aliphatic heterocycles. The summed E-state index contributed by atoms with van der Waals surface area (Å²) >= 11 is 4.17. The predicted octanol–water partition coefficient (Wildman–Crippen LogP) is 13.4. The van der Waals surface area contributed by atoms with Crippen molar-refractivity contribution in [1.82, 2.24) is 0 Å². The third-order valence-corrected chi connectivity index (χ3v) is 21.9. The Morgan fingerprint density at radius 3 is 0.724 bits per heavy atom. The van der Waals surface area contributed by atoms with Gasteiger partial charge in [0.15, 0.2) is 0 Å². The molecule has 6 aromatic carbocycles. The standard InChI is InChI=1S/C56H52S2/c1-49-37-13-9-10-14-38(37)50(2)42-22-18-34-26-46(42)53(5,55(49,50)7)45-25-33(17-21-41(45)49)29-57-31-35-19-23-43-47(27-35)54(6)48-28-36(32-58-30-34)20-24-44(48)52(4)40-16-12-11-15-39(40)51(43,3)56(52,54)8/h9-28H,29-32H2,1-8H3/t49-,50+,51+,52-,53?,54?,55?,56?. The molecule has 2 heteroatoms. The smallest absolute Gasteiger partial charge is 0.0257 e. The molecular formula is C56H52S2. The summed E-state index contributed by atoms with van der Waals surface area (Å²) in [6.07, 6.45) is 0. The lowest BCUT2D eigenvalue weighted by Crippen LogP contribution is -2.51. The van der Waals surface area contributed by atoms with E-state index in [4.69, 9.17) is 0 Å². The molecule has 8 bridgehead atoms. The average Bonchev–Trinajstić information content (AvgIpc) is 3.78. The first kappa shape index (κ1) is 34.8. The van der Waals surface area contributed by atoms with Crippen LogP contribution in [0.2, 0.25) is 0 Å². The minimum atomic E-state index is -0.122. The van der Waals surface area contributed by atoms with Crippen LogP contribution in [0.4, 0.5) is 0 Å². The Morgan fingerprint density at radius 2 is 0.483 bits per heavy atom. The Morgan fingerprint density at radius 1 is 0.276 bits per heavy atom. The first-order valence-electron chi connectivity index (χ1n) is 21.7. The zero-order valence-electron chi connectivity index (χ0n) is 35.2. The molecule has 58 heavy (non-hydrogen) atoms. The Labute approximate surface area is 353 Å².